The van der Waals surface area contributed by atoms with E-state index in [0.717, 1.165) is 0 Å². The third-order valence-corrected chi connectivity index (χ3v) is 2.72. The molecule has 1 aliphatic heterocycles. The Morgan fingerprint density at radius 1 is 0.714 bits per heavy atom. The molecule has 2 aromatic carbocycles. The van der Waals surface area contributed by atoms with Crippen molar-refractivity contribution in [2.45, 2.75) is 0 Å². The number of nitriles is 2. The second-order valence-corrected chi connectivity index (χ2v) is 3.99. The number of nitrogens with zero attached hydrogens (tertiary/aromatic N) is 2. The van der Waals surface area contributed by atoms with Gasteiger partial charge < -0.3 is 4.74 Å². The Bertz CT molecular complexity index is 732. The second kappa shape index (κ2) is 6.14. The molecule has 3 rings (SSSR count). The molecule has 5 nitrogen and oxygen atoms in total. The van der Waals surface area contributed by atoms with Crippen LogP contribution in [0.15, 0.2) is 48.5 Å². The number of hydrogen-bond donors (Lipinski definition) is 0. The number of ether oxygens (including phenoxy) is 1. The molecule has 1 aliphatic rings. The Morgan fingerprint density at radius 3 is 1.48 bits per heavy atom. The Hall–Kier alpha value is -3.44. The maximum Gasteiger partial charge on any atom is 0.346 e. The van der Waals surface area contributed by atoms with Crippen molar-refractivity contribution in [1.29, 1.82) is 10.5 Å². The van der Waals surface area contributed by atoms with Crippen molar-refractivity contribution >= 4 is 11.9 Å². The molecule has 0 saturated heterocycles. The number of hydrogen-bond acceptors (Lipinski definition) is 5. The summed E-state index contributed by atoms with van der Waals surface area (Å²) in [5.41, 5.74) is 1.59. The lowest BCUT2D eigenvalue weighted by Crippen LogP contribution is -1.96. The number of cyclic esters (lactones) is 2. The summed E-state index contributed by atoms with van der Waals surface area (Å²) in [6, 6.07) is 17.1. The molecule has 1 heterocycles. The summed E-state index contributed by atoms with van der Waals surface area (Å²) in [5, 5.41) is 16.9. The molecule has 100 valence electrons. The fourth-order valence-corrected chi connectivity index (χ4v) is 1.71. The number of carbonyl (C=O) groups excluding carboxylic acids is 2. The summed E-state index contributed by atoms with van der Waals surface area (Å²) < 4.78 is 4.35. The second-order valence-electron chi connectivity index (χ2n) is 3.99. The average Bonchev–Trinajstić information content (AvgIpc) is 2.83. The van der Waals surface area contributed by atoms with Gasteiger partial charge in [-0.05, 0) is 24.3 Å². The van der Waals surface area contributed by atoms with Gasteiger partial charge in [0.25, 0.3) is 0 Å². The van der Waals surface area contributed by atoms with E-state index in [1.807, 2.05) is 12.1 Å². The van der Waals surface area contributed by atoms with E-state index in [0.29, 0.717) is 22.3 Å². The van der Waals surface area contributed by atoms with Crippen LogP contribution < -0.4 is 0 Å². The van der Waals surface area contributed by atoms with Gasteiger partial charge in [0, 0.05) is 0 Å². The zero-order valence-corrected chi connectivity index (χ0v) is 10.7. The van der Waals surface area contributed by atoms with Crippen molar-refractivity contribution in [1.82, 2.24) is 0 Å². The van der Waals surface area contributed by atoms with Crippen LogP contribution in [0.4, 0.5) is 0 Å². The molecule has 0 unspecified atom stereocenters. The molecule has 0 saturated carbocycles. The normalized spacial score (nSPS) is 11.3. The Kier molecular flexibility index (Phi) is 4.09. The molecule has 0 atom stereocenters. The summed E-state index contributed by atoms with van der Waals surface area (Å²) in [5.74, 6) is -1.10. The maximum absolute atomic E-state index is 10.8. The zero-order valence-electron chi connectivity index (χ0n) is 10.7. The van der Waals surface area contributed by atoms with Crippen LogP contribution in [0.3, 0.4) is 0 Å². The van der Waals surface area contributed by atoms with Crippen LogP contribution in [-0.2, 0) is 4.74 Å². The van der Waals surface area contributed by atoms with Crippen LogP contribution in [0.5, 0.6) is 0 Å². The number of benzene rings is 2. The number of esters is 2. The van der Waals surface area contributed by atoms with E-state index in [2.05, 4.69) is 4.74 Å². The number of carbonyl (C=O) groups is 2. The molecule has 0 aromatic heterocycles. The molecule has 0 aliphatic carbocycles. The summed E-state index contributed by atoms with van der Waals surface area (Å²) in [4.78, 5) is 21.7. The molecule has 0 spiro atoms. The first-order chi connectivity index (χ1) is 10.2. The van der Waals surface area contributed by atoms with Gasteiger partial charge in [0.15, 0.2) is 0 Å². The first-order valence-corrected chi connectivity index (χ1v) is 5.92. The smallest absolute Gasteiger partial charge is 0.346 e. The largest absolute Gasteiger partial charge is 0.386 e. The van der Waals surface area contributed by atoms with E-state index in [9.17, 15) is 9.59 Å². The van der Waals surface area contributed by atoms with Crippen molar-refractivity contribution in [2.24, 2.45) is 0 Å². The van der Waals surface area contributed by atoms with Gasteiger partial charge in [-0.15, -0.1) is 0 Å². The van der Waals surface area contributed by atoms with Crippen molar-refractivity contribution in [3.8, 4) is 12.1 Å². The number of rotatable bonds is 0. The lowest BCUT2D eigenvalue weighted by molar-refractivity contribution is 0.0444. The van der Waals surface area contributed by atoms with E-state index in [4.69, 9.17) is 10.5 Å². The van der Waals surface area contributed by atoms with Crippen LogP contribution in [0, 0.1) is 22.7 Å². The Balaban J connectivity index is 0.000000155. The third-order valence-electron chi connectivity index (χ3n) is 2.72. The molecule has 21 heavy (non-hydrogen) atoms. The summed E-state index contributed by atoms with van der Waals surface area (Å²) >= 11 is 0. The van der Waals surface area contributed by atoms with Gasteiger partial charge >= 0.3 is 11.9 Å². The monoisotopic (exact) mass is 276 g/mol. The van der Waals surface area contributed by atoms with Crippen molar-refractivity contribution < 1.29 is 14.3 Å². The Morgan fingerprint density at radius 2 is 1.10 bits per heavy atom. The summed E-state index contributed by atoms with van der Waals surface area (Å²) in [6.07, 6.45) is 0. The summed E-state index contributed by atoms with van der Waals surface area (Å²) in [6.45, 7) is 0. The van der Waals surface area contributed by atoms with Crippen LogP contribution in [0.2, 0.25) is 0 Å². The number of fused-ring (bicyclic) bond motifs is 1. The quantitative estimate of drug-likeness (QED) is 0.544. The molecule has 0 N–H and O–H groups in total. The Labute approximate surface area is 120 Å². The van der Waals surface area contributed by atoms with Gasteiger partial charge in [0.2, 0.25) is 0 Å². The molecular formula is C16H8N2O3. The van der Waals surface area contributed by atoms with Gasteiger partial charge in [0.1, 0.15) is 12.1 Å². The van der Waals surface area contributed by atoms with E-state index in [1.54, 1.807) is 48.5 Å². The summed E-state index contributed by atoms with van der Waals surface area (Å²) in [7, 11) is 0. The molecule has 2 aromatic rings. The highest BCUT2D eigenvalue weighted by atomic mass is 16.6. The molecule has 0 amide bonds. The maximum atomic E-state index is 10.8. The SMILES string of the molecule is N#Cc1ccccc1C#N.O=C1OC(=O)c2ccccc21. The van der Waals surface area contributed by atoms with E-state index in [-0.39, 0.29) is 0 Å². The van der Waals surface area contributed by atoms with Gasteiger partial charge in [-0.3, -0.25) is 0 Å². The van der Waals surface area contributed by atoms with Crippen LogP contribution >= 0.6 is 0 Å². The zero-order chi connectivity index (χ0) is 15.2. The highest BCUT2D eigenvalue weighted by molar-refractivity contribution is 6.14. The van der Waals surface area contributed by atoms with Gasteiger partial charge in [-0.1, -0.05) is 24.3 Å². The minimum absolute atomic E-state index is 0.359. The predicted molar refractivity (Wildman–Crippen MR) is 72.1 cm³/mol. The minimum Gasteiger partial charge on any atom is -0.386 e. The highest BCUT2D eigenvalue weighted by Gasteiger charge is 2.28. The van der Waals surface area contributed by atoms with Crippen LogP contribution in [-0.4, -0.2) is 11.9 Å². The van der Waals surface area contributed by atoms with Gasteiger partial charge in [-0.2, -0.15) is 10.5 Å². The van der Waals surface area contributed by atoms with Crippen LogP contribution in [0.25, 0.3) is 0 Å². The topological polar surface area (TPSA) is 91.0 Å². The first-order valence-electron chi connectivity index (χ1n) is 5.92. The third kappa shape index (κ3) is 2.94. The molecular weight excluding hydrogens is 268 g/mol. The standard InChI is InChI=1S/C8H4N2.C8H4O3/c9-5-7-3-1-2-4-8(7)6-10;9-7-5-3-1-2-4-6(5)8(10)11-7/h1-4H;1-4H. The lowest BCUT2D eigenvalue weighted by atomic mass is 10.1. The highest BCUT2D eigenvalue weighted by Crippen LogP contribution is 2.18. The molecule has 0 fully saturated rings. The fraction of sp³-hybridized carbons (Fsp3) is 0. The average molecular weight is 276 g/mol. The van der Waals surface area contributed by atoms with Crippen molar-refractivity contribution in [2.75, 3.05) is 0 Å². The van der Waals surface area contributed by atoms with E-state index < -0.39 is 11.9 Å². The van der Waals surface area contributed by atoms with Crippen molar-refractivity contribution in [3.63, 3.8) is 0 Å². The van der Waals surface area contributed by atoms with E-state index in [1.165, 1.54) is 0 Å². The molecule has 5 heteroatoms. The van der Waals surface area contributed by atoms with Crippen molar-refractivity contribution in [3.05, 3.63) is 70.8 Å². The fourth-order valence-electron chi connectivity index (χ4n) is 1.71. The van der Waals surface area contributed by atoms with Crippen LogP contribution in [0.1, 0.15) is 31.8 Å². The molecule has 0 bridgehead atoms. The molecule has 0 radical (unpaired) electrons. The van der Waals surface area contributed by atoms with Gasteiger partial charge in [0.05, 0.1) is 22.3 Å². The lowest BCUT2D eigenvalue weighted by Gasteiger charge is -1.88. The first kappa shape index (κ1) is 14.0. The van der Waals surface area contributed by atoms with Gasteiger partial charge in [-0.25, -0.2) is 9.59 Å². The predicted octanol–water partition coefficient (Wildman–Crippen LogP) is 2.43. The minimum atomic E-state index is -0.550. The van der Waals surface area contributed by atoms with E-state index >= 15 is 0 Å².